The molecule has 2 aromatic carbocycles. The highest BCUT2D eigenvalue weighted by atomic mass is 16.5. The molecule has 0 radical (unpaired) electrons. The van der Waals surface area contributed by atoms with Crippen LogP contribution in [-0.2, 0) is 16.2 Å². The maximum atomic E-state index is 12.4. The molecule has 0 amide bonds. The van der Waals surface area contributed by atoms with Crippen molar-refractivity contribution in [2.75, 3.05) is 0 Å². The van der Waals surface area contributed by atoms with E-state index in [2.05, 4.69) is 0 Å². The van der Waals surface area contributed by atoms with E-state index in [1.54, 1.807) is 24.3 Å². The van der Waals surface area contributed by atoms with Gasteiger partial charge in [0.2, 0.25) is 0 Å². The number of ether oxygens (including phenoxy) is 1. The van der Waals surface area contributed by atoms with E-state index in [0.717, 1.165) is 12.0 Å². The van der Waals surface area contributed by atoms with Crippen molar-refractivity contribution in [1.29, 1.82) is 0 Å². The summed E-state index contributed by atoms with van der Waals surface area (Å²) in [5.41, 5.74) is 1.51. The fraction of sp³-hybridized carbons (Fsp3) is 0.333. The van der Waals surface area contributed by atoms with Crippen LogP contribution in [0.25, 0.3) is 0 Å². The van der Waals surface area contributed by atoms with Gasteiger partial charge in [0.15, 0.2) is 6.10 Å². The van der Waals surface area contributed by atoms with Crippen molar-refractivity contribution in [3.05, 3.63) is 65.7 Å². The van der Waals surface area contributed by atoms with Crippen LogP contribution in [0, 0.1) is 0 Å². The number of carbonyl (C=O) groups excluding carboxylic acids is 1. The van der Waals surface area contributed by atoms with E-state index in [1.165, 1.54) is 0 Å². The van der Waals surface area contributed by atoms with Crippen molar-refractivity contribution in [1.82, 2.24) is 0 Å². The number of ketones is 1. The Balaban J connectivity index is 2.10. The Morgan fingerprint density at radius 1 is 1.04 bits per heavy atom. The van der Waals surface area contributed by atoms with Gasteiger partial charge in [-0.2, -0.15) is 0 Å². The van der Waals surface area contributed by atoms with Gasteiger partial charge >= 0.3 is 5.97 Å². The maximum Gasteiger partial charge on any atom is 0.333 e. The monoisotopic (exact) mass is 356 g/mol. The first kappa shape index (κ1) is 19.7. The first-order chi connectivity index (χ1) is 12.5. The molecule has 0 fully saturated rings. The van der Waals surface area contributed by atoms with Gasteiger partial charge in [-0.05, 0) is 29.7 Å². The van der Waals surface area contributed by atoms with Gasteiger partial charge in [0.05, 0.1) is 5.92 Å². The van der Waals surface area contributed by atoms with Crippen LogP contribution in [-0.4, -0.2) is 28.1 Å². The van der Waals surface area contributed by atoms with Crippen LogP contribution in [0.5, 0.6) is 5.75 Å². The van der Waals surface area contributed by atoms with E-state index in [0.29, 0.717) is 24.3 Å². The zero-order chi connectivity index (χ0) is 18.9. The van der Waals surface area contributed by atoms with Crippen LogP contribution in [0.2, 0.25) is 0 Å². The molecule has 0 aliphatic heterocycles. The molecule has 138 valence electrons. The van der Waals surface area contributed by atoms with Crippen LogP contribution < -0.4 is 4.74 Å². The highest BCUT2D eigenvalue weighted by Crippen LogP contribution is 2.26. The number of hydrogen-bond acceptors (Lipinski definition) is 4. The zero-order valence-electron chi connectivity index (χ0n) is 14.8. The molecule has 5 nitrogen and oxygen atoms in total. The Bertz CT molecular complexity index is 709. The minimum atomic E-state index is -1.75. The van der Waals surface area contributed by atoms with Crippen molar-refractivity contribution in [2.24, 2.45) is 0 Å². The number of carboxylic acid groups (broad SMARTS) is 1. The fourth-order valence-corrected chi connectivity index (χ4v) is 2.71. The normalized spacial score (nSPS) is 13.0. The Morgan fingerprint density at radius 3 is 2.27 bits per heavy atom. The molecule has 2 aromatic rings. The topological polar surface area (TPSA) is 83.8 Å². The lowest BCUT2D eigenvalue weighted by atomic mass is 9.87. The first-order valence-electron chi connectivity index (χ1n) is 8.73. The number of hydrogen-bond donors (Lipinski definition) is 2. The smallest absolute Gasteiger partial charge is 0.333 e. The molecule has 0 saturated heterocycles. The van der Waals surface area contributed by atoms with Crippen molar-refractivity contribution in [3.8, 4) is 5.75 Å². The summed E-state index contributed by atoms with van der Waals surface area (Å²) in [4.78, 5) is 23.6. The second-order valence-corrected chi connectivity index (χ2v) is 6.17. The predicted molar refractivity (Wildman–Crippen MR) is 98.1 cm³/mol. The summed E-state index contributed by atoms with van der Waals surface area (Å²) >= 11 is 0. The molecule has 0 saturated carbocycles. The fourth-order valence-electron chi connectivity index (χ4n) is 2.71. The van der Waals surface area contributed by atoms with E-state index in [-0.39, 0.29) is 12.2 Å². The van der Waals surface area contributed by atoms with E-state index in [1.807, 2.05) is 37.3 Å². The third kappa shape index (κ3) is 5.43. The minimum absolute atomic E-state index is 0.248. The third-order valence-electron chi connectivity index (χ3n) is 4.18. The Labute approximate surface area is 153 Å². The average molecular weight is 356 g/mol. The highest BCUT2D eigenvalue weighted by Gasteiger charge is 2.32. The molecule has 0 aliphatic carbocycles. The molecular formula is C21H24O5. The lowest BCUT2D eigenvalue weighted by molar-refractivity contribution is -0.150. The quantitative estimate of drug-likeness (QED) is 0.680. The average Bonchev–Trinajstić information content (AvgIpc) is 2.66. The number of aliphatic hydroxyl groups is 1. The van der Waals surface area contributed by atoms with Gasteiger partial charge in [-0.25, -0.2) is 4.79 Å². The maximum absolute atomic E-state index is 12.4. The van der Waals surface area contributed by atoms with Crippen LogP contribution in [0.15, 0.2) is 54.6 Å². The first-order valence-corrected chi connectivity index (χ1v) is 8.73. The molecule has 0 spiro atoms. The molecule has 2 N–H and O–H groups in total. The van der Waals surface area contributed by atoms with E-state index < -0.39 is 18.0 Å². The molecule has 2 rings (SSSR count). The van der Waals surface area contributed by atoms with Gasteiger partial charge in [-0.15, -0.1) is 0 Å². The standard InChI is InChI=1S/C21H24O5/c1-2-3-9-18(22)19(20(23)21(24)25)16-10-12-17(13-11-16)26-14-15-7-5-4-6-8-15/h4-8,10-13,19-20,23H,2-3,9,14H2,1H3,(H,24,25). The summed E-state index contributed by atoms with van der Waals surface area (Å²) in [5, 5.41) is 19.1. The number of Topliss-reactive ketones (excluding diaryl/α,β-unsaturated/α-hetero) is 1. The van der Waals surface area contributed by atoms with Crippen LogP contribution in [0.4, 0.5) is 0 Å². The lowest BCUT2D eigenvalue weighted by Crippen LogP contribution is -2.33. The van der Waals surface area contributed by atoms with Crippen LogP contribution >= 0.6 is 0 Å². The molecule has 0 aliphatic rings. The van der Waals surface area contributed by atoms with E-state index in [4.69, 9.17) is 9.84 Å². The van der Waals surface area contributed by atoms with Gasteiger partial charge < -0.3 is 14.9 Å². The van der Waals surface area contributed by atoms with E-state index >= 15 is 0 Å². The molecule has 0 heterocycles. The van der Waals surface area contributed by atoms with Crippen molar-refractivity contribution >= 4 is 11.8 Å². The zero-order valence-corrected chi connectivity index (χ0v) is 14.8. The Hall–Kier alpha value is -2.66. The number of unbranched alkanes of at least 4 members (excludes halogenated alkanes) is 1. The van der Waals surface area contributed by atoms with Gasteiger partial charge in [0.1, 0.15) is 18.1 Å². The number of aliphatic carboxylic acids is 1. The minimum Gasteiger partial charge on any atom is -0.489 e. The van der Waals surface area contributed by atoms with Gasteiger partial charge in [0, 0.05) is 6.42 Å². The van der Waals surface area contributed by atoms with Crippen LogP contribution in [0.3, 0.4) is 0 Å². The van der Waals surface area contributed by atoms with E-state index in [9.17, 15) is 14.7 Å². The molecule has 5 heteroatoms. The van der Waals surface area contributed by atoms with Gasteiger partial charge in [-0.1, -0.05) is 55.8 Å². The summed E-state index contributed by atoms with van der Waals surface area (Å²) in [5.74, 6) is -2.12. The number of rotatable bonds is 10. The second kappa shape index (κ2) is 9.73. The molecule has 26 heavy (non-hydrogen) atoms. The number of aliphatic hydroxyl groups excluding tert-OH is 1. The van der Waals surface area contributed by atoms with Crippen molar-refractivity contribution in [2.45, 2.75) is 44.8 Å². The second-order valence-electron chi connectivity index (χ2n) is 6.17. The summed E-state index contributed by atoms with van der Waals surface area (Å²) in [6.07, 6.45) is -0.0126. The largest absolute Gasteiger partial charge is 0.489 e. The molecule has 0 aromatic heterocycles. The number of carboxylic acids is 1. The molecule has 0 bridgehead atoms. The van der Waals surface area contributed by atoms with Crippen LogP contribution in [0.1, 0.15) is 43.2 Å². The summed E-state index contributed by atoms with van der Waals surface area (Å²) in [6.45, 7) is 2.37. The number of carbonyl (C=O) groups is 2. The third-order valence-corrected chi connectivity index (χ3v) is 4.18. The molecular weight excluding hydrogens is 332 g/mol. The number of benzene rings is 2. The Kier molecular flexibility index (Phi) is 7.36. The van der Waals surface area contributed by atoms with Gasteiger partial charge in [-0.3, -0.25) is 4.79 Å². The Morgan fingerprint density at radius 2 is 1.69 bits per heavy atom. The highest BCUT2D eigenvalue weighted by molar-refractivity contribution is 5.91. The van der Waals surface area contributed by atoms with Crippen molar-refractivity contribution in [3.63, 3.8) is 0 Å². The predicted octanol–water partition coefficient (Wildman–Crippen LogP) is 3.55. The summed E-state index contributed by atoms with van der Waals surface area (Å²) in [6, 6.07) is 16.4. The summed E-state index contributed by atoms with van der Waals surface area (Å²) < 4.78 is 5.70. The summed E-state index contributed by atoms with van der Waals surface area (Å²) in [7, 11) is 0. The van der Waals surface area contributed by atoms with Crippen molar-refractivity contribution < 1.29 is 24.5 Å². The lowest BCUT2D eigenvalue weighted by Gasteiger charge is -2.19. The molecule has 2 unspecified atom stereocenters. The van der Waals surface area contributed by atoms with Gasteiger partial charge in [0.25, 0.3) is 0 Å². The SMILES string of the molecule is CCCCC(=O)C(c1ccc(OCc2ccccc2)cc1)C(O)C(=O)O. The molecule has 2 atom stereocenters.